The van der Waals surface area contributed by atoms with Crippen LogP contribution >= 0.6 is 0 Å². The molecular formula is C17H25N3. The molecule has 2 N–H and O–H groups in total. The van der Waals surface area contributed by atoms with E-state index in [1.807, 2.05) is 0 Å². The molecule has 1 saturated carbocycles. The number of imidazole rings is 1. The lowest BCUT2D eigenvalue weighted by atomic mass is 9.97. The first-order valence-corrected chi connectivity index (χ1v) is 7.93. The summed E-state index contributed by atoms with van der Waals surface area (Å²) in [5.74, 6) is 2.70. The predicted octanol–water partition coefficient (Wildman–Crippen LogP) is 3.81. The van der Waals surface area contributed by atoms with Gasteiger partial charge in [0.1, 0.15) is 5.82 Å². The van der Waals surface area contributed by atoms with Gasteiger partial charge >= 0.3 is 0 Å². The van der Waals surface area contributed by atoms with Crippen LogP contribution in [0.4, 0.5) is 0 Å². The van der Waals surface area contributed by atoms with E-state index in [1.54, 1.807) is 0 Å². The number of fused-ring (bicyclic) bond motifs is 1. The van der Waals surface area contributed by atoms with Gasteiger partial charge in [0.25, 0.3) is 0 Å². The lowest BCUT2D eigenvalue weighted by Gasteiger charge is -2.17. The zero-order valence-electron chi connectivity index (χ0n) is 12.6. The summed E-state index contributed by atoms with van der Waals surface area (Å²) in [6.45, 7) is 6.27. The van der Waals surface area contributed by atoms with Gasteiger partial charge in [0.15, 0.2) is 0 Å². The van der Waals surface area contributed by atoms with Crippen LogP contribution in [-0.2, 0) is 13.1 Å². The minimum absolute atomic E-state index is 0.589. The SMILES string of the molecule is CCCn1c(C2CCCC2C)nc2cc(CN)ccc21. The van der Waals surface area contributed by atoms with Crippen LogP contribution in [0.5, 0.6) is 0 Å². The Balaban J connectivity index is 2.11. The number of benzene rings is 1. The first-order chi connectivity index (χ1) is 9.74. The maximum absolute atomic E-state index is 5.75. The lowest BCUT2D eigenvalue weighted by Crippen LogP contribution is -2.11. The molecule has 1 heterocycles. The van der Waals surface area contributed by atoms with Crippen molar-refractivity contribution in [3.05, 3.63) is 29.6 Å². The largest absolute Gasteiger partial charge is 0.328 e. The maximum Gasteiger partial charge on any atom is 0.113 e. The fourth-order valence-electron chi connectivity index (χ4n) is 3.59. The summed E-state index contributed by atoms with van der Waals surface area (Å²) >= 11 is 0. The summed E-state index contributed by atoms with van der Waals surface area (Å²) in [5.41, 5.74) is 9.32. The third kappa shape index (κ3) is 2.24. The molecule has 0 bridgehead atoms. The maximum atomic E-state index is 5.75. The second-order valence-corrected chi connectivity index (χ2v) is 6.16. The minimum Gasteiger partial charge on any atom is -0.328 e. The fourth-order valence-corrected chi connectivity index (χ4v) is 3.59. The zero-order chi connectivity index (χ0) is 14.1. The van der Waals surface area contributed by atoms with E-state index in [0.29, 0.717) is 12.5 Å². The number of rotatable bonds is 4. The van der Waals surface area contributed by atoms with Crippen molar-refractivity contribution in [2.45, 2.75) is 58.5 Å². The van der Waals surface area contributed by atoms with E-state index in [1.165, 1.54) is 36.2 Å². The van der Waals surface area contributed by atoms with Gasteiger partial charge < -0.3 is 10.3 Å². The van der Waals surface area contributed by atoms with Gasteiger partial charge in [-0.15, -0.1) is 0 Å². The summed E-state index contributed by atoms with van der Waals surface area (Å²) in [6, 6.07) is 6.49. The molecule has 3 rings (SSSR count). The van der Waals surface area contributed by atoms with Crippen LogP contribution in [0, 0.1) is 5.92 Å². The van der Waals surface area contributed by atoms with Crippen LogP contribution in [0.25, 0.3) is 11.0 Å². The summed E-state index contributed by atoms with van der Waals surface area (Å²) in [7, 11) is 0. The number of nitrogens with two attached hydrogens (primary N) is 1. The van der Waals surface area contributed by atoms with Gasteiger partial charge in [0, 0.05) is 19.0 Å². The van der Waals surface area contributed by atoms with Crippen molar-refractivity contribution < 1.29 is 0 Å². The van der Waals surface area contributed by atoms with Crippen molar-refractivity contribution >= 4 is 11.0 Å². The molecule has 2 aromatic rings. The quantitative estimate of drug-likeness (QED) is 0.919. The monoisotopic (exact) mass is 271 g/mol. The van der Waals surface area contributed by atoms with E-state index in [0.717, 1.165) is 24.4 Å². The van der Waals surface area contributed by atoms with Gasteiger partial charge in [0.2, 0.25) is 0 Å². The summed E-state index contributed by atoms with van der Waals surface area (Å²) < 4.78 is 2.45. The van der Waals surface area contributed by atoms with E-state index in [4.69, 9.17) is 10.7 Å². The van der Waals surface area contributed by atoms with Crippen molar-refractivity contribution in [1.29, 1.82) is 0 Å². The van der Waals surface area contributed by atoms with Crippen molar-refractivity contribution in [2.24, 2.45) is 11.7 Å². The molecule has 0 saturated heterocycles. The molecule has 108 valence electrons. The second kappa shape index (κ2) is 5.57. The Kier molecular flexibility index (Phi) is 3.79. The molecule has 1 aromatic heterocycles. The molecule has 1 fully saturated rings. The predicted molar refractivity (Wildman–Crippen MR) is 83.7 cm³/mol. The van der Waals surface area contributed by atoms with Crippen molar-refractivity contribution in [3.63, 3.8) is 0 Å². The third-order valence-electron chi connectivity index (χ3n) is 4.72. The Bertz CT molecular complexity index is 600. The lowest BCUT2D eigenvalue weighted by molar-refractivity contribution is 0.484. The molecular weight excluding hydrogens is 246 g/mol. The Labute approximate surface area is 121 Å². The van der Waals surface area contributed by atoms with Crippen molar-refractivity contribution in [3.8, 4) is 0 Å². The zero-order valence-corrected chi connectivity index (χ0v) is 12.6. The highest BCUT2D eigenvalue weighted by Crippen LogP contribution is 2.39. The number of aryl methyl sites for hydroxylation is 1. The molecule has 2 atom stereocenters. The van der Waals surface area contributed by atoms with Gasteiger partial charge in [-0.2, -0.15) is 0 Å². The normalized spacial score (nSPS) is 22.8. The fraction of sp³-hybridized carbons (Fsp3) is 0.588. The van der Waals surface area contributed by atoms with Gasteiger partial charge in [-0.25, -0.2) is 4.98 Å². The molecule has 0 aliphatic heterocycles. The molecule has 1 aliphatic rings. The summed E-state index contributed by atoms with van der Waals surface area (Å²) in [6.07, 6.45) is 5.12. The highest BCUT2D eigenvalue weighted by Gasteiger charge is 2.29. The van der Waals surface area contributed by atoms with E-state index >= 15 is 0 Å². The van der Waals surface area contributed by atoms with Gasteiger partial charge in [-0.1, -0.05) is 26.3 Å². The Morgan fingerprint density at radius 3 is 2.85 bits per heavy atom. The van der Waals surface area contributed by atoms with Gasteiger partial charge in [-0.3, -0.25) is 0 Å². The first kappa shape index (κ1) is 13.6. The molecule has 20 heavy (non-hydrogen) atoms. The minimum atomic E-state index is 0.589. The Hall–Kier alpha value is -1.35. The van der Waals surface area contributed by atoms with Crippen LogP contribution < -0.4 is 5.73 Å². The van der Waals surface area contributed by atoms with Crippen LogP contribution in [0.15, 0.2) is 18.2 Å². The average Bonchev–Trinajstić information content (AvgIpc) is 3.02. The summed E-state index contributed by atoms with van der Waals surface area (Å²) in [5, 5.41) is 0. The molecule has 3 heteroatoms. The number of nitrogens with zero attached hydrogens (tertiary/aromatic N) is 2. The second-order valence-electron chi connectivity index (χ2n) is 6.16. The van der Waals surface area contributed by atoms with E-state index in [9.17, 15) is 0 Å². The summed E-state index contributed by atoms with van der Waals surface area (Å²) in [4.78, 5) is 4.98. The van der Waals surface area contributed by atoms with Gasteiger partial charge in [0.05, 0.1) is 11.0 Å². The highest BCUT2D eigenvalue weighted by molar-refractivity contribution is 5.77. The highest BCUT2D eigenvalue weighted by atomic mass is 15.1. The van der Waals surface area contributed by atoms with E-state index < -0.39 is 0 Å². The van der Waals surface area contributed by atoms with Crippen molar-refractivity contribution in [2.75, 3.05) is 0 Å². The van der Waals surface area contributed by atoms with Crippen molar-refractivity contribution in [1.82, 2.24) is 9.55 Å². The molecule has 1 aromatic carbocycles. The number of hydrogen-bond donors (Lipinski definition) is 1. The standard InChI is InChI=1S/C17H25N3/c1-3-9-20-16-8-7-13(11-18)10-15(16)19-17(20)14-6-4-5-12(14)2/h7-8,10,12,14H,3-6,9,11,18H2,1-2H3. The van der Waals surface area contributed by atoms with E-state index in [-0.39, 0.29) is 0 Å². The molecule has 0 amide bonds. The number of aromatic nitrogens is 2. The molecule has 3 nitrogen and oxygen atoms in total. The van der Waals surface area contributed by atoms with Crippen LogP contribution in [0.1, 0.15) is 56.8 Å². The molecule has 1 aliphatic carbocycles. The molecule has 0 spiro atoms. The first-order valence-electron chi connectivity index (χ1n) is 7.93. The van der Waals surface area contributed by atoms with Crippen LogP contribution in [0.2, 0.25) is 0 Å². The van der Waals surface area contributed by atoms with Gasteiger partial charge in [-0.05, 0) is 42.9 Å². The van der Waals surface area contributed by atoms with Crippen LogP contribution in [-0.4, -0.2) is 9.55 Å². The van der Waals surface area contributed by atoms with Crippen LogP contribution in [0.3, 0.4) is 0 Å². The average molecular weight is 271 g/mol. The molecule has 0 radical (unpaired) electrons. The molecule has 2 unspecified atom stereocenters. The Morgan fingerprint density at radius 2 is 2.20 bits per heavy atom. The topological polar surface area (TPSA) is 43.8 Å². The Morgan fingerprint density at radius 1 is 1.35 bits per heavy atom. The number of hydrogen-bond acceptors (Lipinski definition) is 2. The smallest absolute Gasteiger partial charge is 0.113 e. The van der Waals surface area contributed by atoms with E-state index in [2.05, 4.69) is 36.6 Å². The third-order valence-corrected chi connectivity index (χ3v) is 4.72.